The van der Waals surface area contributed by atoms with Gasteiger partial charge < -0.3 is 30.3 Å². The van der Waals surface area contributed by atoms with E-state index < -0.39 is 40.3 Å². The molecule has 0 saturated heterocycles. The van der Waals surface area contributed by atoms with E-state index in [0.717, 1.165) is 12.1 Å². The van der Waals surface area contributed by atoms with Crippen molar-refractivity contribution in [3.8, 4) is 40.2 Å². The summed E-state index contributed by atoms with van der Waals surface area (Å²) in [7, 11) is 0. The van der Waals surface area contributed by atoms with E-state index in [1.165, 1.54) is 12.1 Å². The van der Waals surface area contributed by atoms with Crippen LogP contribution in [0, 0.1) is 0 Å². The number of ether oxygens (including phenoxy) is 1. The van der Waals surface area contributed by atoms with Crippen molar-refractivity contribution in [2.75, 3.05) is 0 Å². The lowest BCUT2D eigenvalue weighted by Crippen LogP contribution is -2.02. The summed E-state index contributed by atoms with van der Waals surface area (Å²) in [4.78, 5) is 12.5. The highest BCUT2D eigenvalue weighted by Gasteiger charge is 2.21. The van der Waals surface area contributed by atoms with Gasteiger partial charge in [0, 0.05) is 17.7 Å². The minimum absolute atomic E-state index is 0.101. The number of rotatable bonds is 4. The van der Waals surface area contributed by atoms with E-state index in [1.54, 1.807) is 30.3 Å². The van der Waals surface area contributed by atoms with Crippen LogP contribution in [0.1, 0.15) is 15.9 Å². The van der Waals surface area contributed by atoms with Crippen LogP contribution in [0.2, 0.25) is 0 Å². The van der Waals surface area contributed by atoms with E-state index in [1.807, 2.05) is 0 Å². The third-order valence-electron chi connectivity index (χ3n) is 3.65. The molecule has 3 aromatic rings. The molecule has 0 atom stereocenters. The van der Waals surface area contributed by atoms with Crippen molar-refractivity contribution in [2.24, 2.45) is 0 Å². The van der Waals surface area contributed by atoms with Gasteiger partial charge >= 0.3 is 0 Å². The second kappa shape index (κ2) is 6.56. The second-order valence-electron chi connectivity index (χ2n) is 5.42. The zero-order chi connectivity index (χ0) is 18.8. The lowest BCUT2D eigenvalue weighted by Gasteiger charge is -2.13. The molecule has 26 heavy (non-hydrogen) atoms. The average molecular weight is 354 g/mol. The summed E-state index contributed by atoms with van der Waals surface area (Å²) in [5.74, 6) is -4.21. The number of hydrogen-bond acceptors (Lipinski definition) is 7. The van der Waals surface area contributed by atoms with Gasteiger partial charge in [0.15, 0.2) is 28.8 Å². The van der Waals surface area contributed by atoms with Gasteiger partial charge in [0.2, 0.25) is 11.5 Å². The van der Waals surface area contributed by atoms with Crippen LogP contribution in [0.3, 0.4) is 0 Å². The van der Waals surface area contributed by atoms with Gasteiger partial charge in [-0.1, -0.05) is 30.3 Å². The fourth-order valence-electron chi connectivity index (χ4n) is 2.35. The van der Waals surface area contributed by atoms with Gasteiger partial charge in [-0.3, -0.25) is 4.79 Å². The summed E-state index contributed by atoms with van der Waals surface area (Å²) in [5, 5.41) is 48.7. The highest BCUT2D eigenvalue weighted by Crippen LogP contribution is 2.45. The molecule has 3 aromatic carbocycles. The third kappa shape index (κ3) is 3.05. The van der Waals surface area contributed by atoms with Gasteiger partial charge in [-0.15, -0.1) is 0 Å². The molecule has 0 fully saturated rings. The molecule has 7 nitrogen and oxygen atoms in total. The highest BCUT2D eigenvalue weighted by molar-refractivity contribution is 6.11. The van der Waals surface area contributed by atoms with E-state index in [2.05, 4.69) is 0 Å². The Morgan fingerprint density at radius 3 is 1.96 bits per heavy atom. The van der Waals surface area contributed by atoms with Crippen molar-refractivity contribution in [3.05, 3.63) is 65.7 Å². The minimum Gasteiger partial charge on any atom is -0.504 e. The van der Waals surface area contributed by atoms with Crippen molar-refractivity contribution in [1.29, 1.82) is 0 Å². The summed E-state index contributed by atoms with van der Waals surface area (Å²) >= 11 is 0. The number of hydrogen-bond donors (Lipinski definition) is 5. The quantitative estimate of drug-likeness (QED) is 0.359. The molecule has 0 radical (unpaired) electrons. The van der Waals surface area contributed by atoms with E-state index in [9.17, 15) is 30.3 Å². The molecule has 0 aromatic heterocycles. The minimum atomic E-state index is -0.737. The van der Waals surface area contributed by atoms with Crippen LogP contribution in [-0.4, -0.2) is 31.3 Å². The largest absolute Gasteiger partial charge is 0.504 e. The number of carbonyl (C=O) groups excluding carboxylic acids is 1. The van der Waals surface area contributed by atoms with Gasteiger partial charge in [0.25, 0.3) is 0 Å². The van der Waals surface area contributed by atoms with Crippen LogP contribution in [0.25, 0.3) is 0 Å². The van der Waals surface area contributed by atoms with Crippen LogP contribution in [0.4, 0.5) is 0 Å². The predicted molar refractivity (Wildman–Crippen MR) is 91.2 cm³/mol. The van der Waals surface area contributed by atoms with Gasteiger partial charge in [-0.2, -0.15) is 0 Å². The molecule has 0 spiro atoms. The Bertz CT molecular complexity index is 958. The lowest BCUT2D eigenvalue weighted by molar-refractivity contribution is 0.103. The molecule has 0 aliphatic carbocycles. The Morgan fingerprint density at radius 1 is 0.731 bits per heavy atom. The van der Waals surface area contributed by atoms with Crippen LogP contribution in [0.5, 0.6) is 40.2 Å². The highest BCUT2D eigenvalue weighted by atomic mass is 16.5. The van der Waals surface area contributed by atoms with Crippen LogP contribution in [-0.2, 0) is 0 Å². The van der Waals surface area contributed by atoms with Crippen molar-refractivity contribution < 1.29 is 35.1 Å². The standard InChI is InChI=1S/C19H14O7/c20-13-7-6-12(16(23)10-4-2-1-3-5-10)17(24)19(13)26-11-8-14(21)18(25)15(22)9-11/h1-9,20-22,24-25H. The molecule has 0 aliphatic rings. The van der Waals surface area contributed by atoms with Crippen molar-refractivity contribution >= 4 is 5.78 Å². The fraction of sp³-hybridized carbons (Fsp3) is 0. The van der Waals surface area contributed by atoms with Crippen LogP contribution < -0.4 is 4.74 Å². The number of phenols is 5. The molecular weight excluding hydrogens is 340 g/mol. The molecule has 0 aliphatic heterocycles. The maximum absolute atomic E-state index is 12.5. The SMILES string of the molecule is O=C(c1ccccc1)c1ccc(O)c(Oc2cc(O)c(O)c(O)c2)c1O. The number of carbonyl (C=O) groups is 1. The molecule has 0 amide bonds. The second-order valence-corrected chi connectivity index (χ2v) is 5.42. The van der Waals surface area contributed by atoms with Gasteiger partial charge in [0.1, 0.15) is 5.75 Å². The lowest BCUT2D eigenvalue weighted by atomic mass is 10.0. The molecule has 132 valence electrons. The summed E-state index contributed by atoms with van der Waals surface area (Å²) in [5.41, 5.74) is 0.232. The summed E-state index contributed by atoms with van der Waals surface area (Å²) in [6, 6.07) is 12.6. The Kier molecular flexibility index (Phi) is 4.28. The molecule has 7 heteroatoms. The molecule has 5 N–H and O–H groups in total. The zero-order valence-corrected chi connectivity index (χ0v) is 13.2. The topological polar surface area (TPSA) is 127 Å². The van der Waals surface area contributed by atoms with Crippen molar-refractivity contribution in [1.82, 2.24) is 0 Å². The van der Waals surface area contributed by atoms with E-state index in [0.29, 0.717) is 5.56 Å². The smallest absolute Gasteiger partial charge is 0.211 e. The Hall–Kier alpha value is -3.87. The number of benzene rings is 3. The molecule has 0 saturated carbocycles. The molecular formula is C19H14O7. The summed E-state index contributed by atoms with van der Waals surface area (Å²) in [6.45, 7) is 0. The molecule has 3 rings (SSSR count). The normalized spacial score (nSPS) is 10.5. The van der Waals surface area contributed by atoms with E-state index in [4.69, 9.17) is 4.74 Å². The maximum Gasteiger partial charge on any atom is 0.211 e. The summed E-state index contributed by atoms with van der Waals surface area (Å²) < 4.78 is 5.30. The first kappa shape index (κ1) is 17.0. The Balaban J connectivity index is 2.02. The van der Waals surface area contributed by atoms with Crippen molar-refractivity contribution in [3.63, 3.8) is 0 Å². The Labute approximate surface area is 147 Å². The van der Waals surface area contributed by atoms with E-state index in [-0.39, 0.29) is 11.3 Å². The average Bonchev–Trinajstić information content (AvgIpc) is 2.63. The molecule has 0 bridgehead atoms. The Morgan fingerprint density at radius 2 is 1.35 bits per heavy atom. The van der Waals surface area contributed by atoms with E-state index >= 15 is 0 Å². The fourth-order valence-corrected chi connectivity index (χ4v) is 2.35. The zero-order valence-electron chi connectivity index (χ0n) is 13.2. The van der Waals surface area contributed by atoms with Gasteiger partial charge in [-0.25, -0.2) is 0 Å². The first-order valence-electron chi connectivity index (χ1n) is 7.46. The van der Waals surface area contributed by atoms with Crippen molar-refractivity contribution in [2.45, 2.75) is 0 Å². The van der Waals surface area contributed by atoms with Gasteiger partial charge in [0.05, 0.1) is 5.56 Å². The molecule has 0 unspecified atom stereocenters. The number of aromatic hydroxyl groups is 5. The number of ketones is 1. The monoisotopic (exact) mass is 354 g/mol. The first-order valence-corrected chi connectivity index (χ1v) is 7.46. The predicted octanol–water partition coefficient (Wildman–Crippen LogP) is 3.24. The maximum atomic E-state index is 12.5. The number of phenolic OH excluding ortho intramolecular Hbond substituents is 5. The summed E-state index contributed by atoms with van der Waals surface area (Å²) in [6.07, 6.45) is 0. The van der Waals surface area contributed by atoms with Crippen LogP contribution in [0.15, 0.2) is 54.6 Å². The van der Waals surface area contributed by atoms with Crippen LogP contribution >= 0.6 is 0 Å². The molecule has 0 heterocycles. The third-order valence-corrected chi connectivity index (χ3v) is 3.65. The first-order chi connectivity index (χ1) is 12.4. The van der Waals surface area contributed by atoms with Gasteiger partial charge in [-0.05, 0) is 12.1 Å².